The van der Waals surface area contributed by atoms with E-state index in [9.17, 15) is 8.42 Å². The van der Waals surface area contributed by atoms with Gasteiger partial charge in [0.05, 0.1) is 0 Å². The molecule has 3 nitrogen and oxygen atoms in total. The summed E-state index contributed by atoms with van der Waals surface area (Å²) in [5.74, 6) is 0. The molecule has 0 unspecified atom stereocenters. The normalized spacial score (nSPS) is 11.6. The van der Waals surface area contributed by atoms with Crippen molar-refractivity contribution >= 4 is 10.0 Å². The van der Waals surface area contributed by atoms with Crippen LogP contribution in [0.3, 0.4) is 0 Å². The van der Waals surface area contributed by atoms with Crippen LogP contribution >= 0.6 is 0 Å². The van der Waals surface area contributed by atoms with E-state index in [-0.39, 0.29) is 4.90 Å². The van der Waals surface area contributed by atoms with Crippen molar-refractivity contribution in [3.63, 3.8) is 0 Å². The van der Waals surface area contributed by atoms with Gasteiger partial charge in [-0.1, -0.05) is 0 Å². The van der Waals surface area contributed by atoms with E-state index in [2.05, 4.69) is 3.13 Å². The van der Waals surface area contributed by atoms with Crippen molar-refractivity contribution in [2.45, 2.75) is 11.8 Å². The van der Waals surface area contributed by atoms with Gasteiger partial charge >= 0.3 is 84.5 Å². The van der Waals surface area contributed by atoms with Crippen LogP contribution in [-0.2, 0) is 31.4 Å². The van der Waals surface area contributed by atoms with Crippen molar-refractivity contribution in [3.05, 3.63) is 29.8 Å². The molecule has 0 aliphatic heterocycles. The molecule has 1 aromatic rings. The molecule has 12 heavy (non-hydrogen) atoms. The standard InChI is InChI=1S/C7H8NO2S.Au/c1-6-2-4-7(5-3-6)11(8,9)10;/h2-5H,1H3,(H-,8,9,10);/q-1;+1. The molecule has 1 rings (SSSR count). The van der Waals surface area contributed by atoms with Gasteiger partial charge in [0.25, 0.3) is 0 Å². The van der Waals surface area contributed by atoms with E-state index in [0.717, 1.165) is 5.56 Å². The minimum atomic E-state index is -3.29. The summed E-state index contributed by atoms with van der Waals surface area (Å²) in [6, 6.07) is 6.68. The molecule has 0 heterocycles. The fourth-order valence-electron chi connectivity index (χ4n) is 0.753. The van der Waals surface area contributed by atoms with Crippen LogP contribution in [0.15, 0.2) is 29.2 Å². The first-order chi connectivity index (χ1) is 5.56. The average Bonchev–Trinajstić information content (AvgIpc) is 2.05. The number of nitrogens with one attached hydrogen (secondary N) is 1. The summed E-state index contributed by atoms with van der Waals surface area (Å²) >= 11 is 1.78. The van der Waals surface area contributed by atoms with E-state index >= 15 is 0 Å². The van der Waals surface area contributed by atoms with Gasteiger partial charge < -0.3 is 0 Å². The Labute approximate surface area is 84.5 Å². The Morgan fingerprint density at radius 3 is 2.17 bits per heavy atom. The van der Waals surface area contributed by atoms with Crippen LogP contribution in [0.2, 0.25) is 0 Å². The molecular weight excluding hydrogens is 359 g/mol. The number of benzene rings is 1. The molecule has 70 valence electrons. The van der Waals surface area contributed by atoms with E-state index in [1.165, 1.54) is 0 Å². The van der Waals surface area contributed by atoms with Crippen LogP contribution in [0.4, 0.5) is 0 Å². The molecule has 0 spiro atoms. The molecule has 1 N–H and O–H groups in total. The topological polar surface area (TPSA) is 46.2 Å². The summed E-state index contributed by atoms with van der Waals surface area (Å²) in [4.78, 5) is 0.288. The number of aryl methyl sites for hydroxylation is 1. The third-order valence-corrected chi connectivity index (χ3v) is 4.21. The quantitative estimate of drug-likeness (QED) is 0.784. The molecule has 0 aliphatic rings. The Balaban J connectivity index is 3.14. The number of rotatable bonds is 2. The molecule has 0 aliphatic carbocycles. The third kappa shape index (κ3) is 2.18. The van der Waals surface area contributed by atoms with Gasteiger partial charge in [-0.2, -0.15) is 0 Å². The van der Waals surface area contributed by atoms with Crippen LogP contribution in [0.25, 0.3) is 0 Å². The van der Waals surface area contributed by atoms with Crippen molar-refractivity contribution in [1.82, 2.24) is 3.13 Å². The summed E-state index contributed by atoms with van der Waals surface area (Å²) in [5, 5.41) is 0. The van der Waals surface area contributed by atoms with Gasteiger partial charge in [0.15, 0.2) is 0 Å². The molecular formula is C7H8AuNO2S. The number of hydrogen-bond acceptors (Lipinski definition) is 2. The predicted octanol–water partition coefficient (Wildman–Crippen LogP) is 0.735. The van der Waals surface area contributed by atoms with Crippen molar-refractivity contribution in [1.29, 1.82) is 0 Å². The van der Waals surface area contributed by atoms with Crippen LogP contribution in [0.1, 0.15) is 5.56 Å². The molecule has 0 bridgehead atoms. The molecule has 0 saturated heterocycles. The van der Waals surface area contributed by atoms with E-state index in [1.807, 2.05) is 6.92 Å². The second-order valence-electron chi connectivity index (χ2n) is 2.38. The monoisotopic (exact) mass is 367 g/mol. The second-order valence-corrected chi connectivity index (χ2v) is 5.31. The maximum absolute atomic E-state index is 11.2. The molecule has 0 fully saturated rings. The van der Waals surface area contributed by atoms with Crippen molar-refractivity contribution < 1.29 is 29.7 Å². The fourth-order valence-corrected chi connectivity index (χ4v) is 2.08. The van der Waals surface area contributed by atoms with Gasteiger partial charge in [0.1, 0.15) is 0 Å². The van der Waals surface area contributed by atoms with Crippen LogP contribution in [0.5, 0.6) is 0 Å². The molecule has 0 amide bonds. The fraction of sp³-hybridized carbons (Fsp3) is 0.143. The molecule has 5 heteroatoms. The Bertz CT molecular complexity index is 357. The molecule has 0 aromatic heterocycles. The average molecular weight is 367 g/mol. The zero-order valence-electron chi connectivity index (χ0n) is 6.34. The van der Waals surface area contributed by atoms with Crippen molar-refractivity contribution in [2.75, 3.05) is 0 Å². The Kier molecular flexibility index (Phi) is 3.09. The van der Waals surface area contributed by atoms with Gasteiger partial charge in [0.2, 0.25) is 0 Å². The van der Waals surface area contributed by atoms with E-state index in [4.69, 9.17) is 0 Å². The third-order valence-electron chi connectivity index (χ3n) is 1.41. The summed E-state index contributed by atoms with van der Waals surface area (Å²) in [5.41, 5.74) is 1.04. The Morgan fingerprint density at radius 2 is 1.75 bits per heavy atom. The van der Waals surface area contributed by atoms with Crippen molar-refractivity contribution in [2.24, 2.45) is 0 Å². The first kappa shape index (κ1) is 9.95. The SMILES string of the molecule is Cc1ccc(S(=O)(=O)[NH][Au])cc1. The zero-order valence-corrected chi connectivity index (χ0v) is 9.32. The van der Waals surface area contributed by atoms with E-state index < -0.39 is 10.0 Å². The molecule has 0 saturated carbocycles. The van der Waals surface area contributed by atoms with Crippen LogP contribution < -0.4 is 3.13 Å². The van der Waals surface area contributed by atoms with E-state index in [0.29, 0.717) is 0 Å². The van der Waals surface area contributed by atoms with Gasteiger partial charge in [0, 0.05) is 0 Å². The number of hydrogen-bond donors (Lipinski definition) is 1. The molecule has 0 radical (unpaired) electrons. The Morgan fingerprint density at radius 1 is 1.25 bits per heavy atom. The van der Waals surface area contributed by atoms with Crippen LogP contribution in [-0.4, -0.2) is 8.42 Å². The molecule has 1 aromatic carbocycles. The first-order valence-corrected chi connectivity index (χ1v) is 5.78. The van der Waals surface area contributed by atoms with E-state index in [1.54, 1.807) is 45.6 Å². The van der Waals surface area contributed by atoms with Gasteiger partial charge in [-0.05, 0) is 0 Å². The predicted molar refractivity (Wildman–Crippen MR) is 41.5 cm³/mol. The van der Waals surface area contributed by atoms with Crippen molar-refractivity contribution in [3.8, 4) is 0 Å². The summed E-state index contributed by atoms with van der Waals surface area (Å²) in [6.45, 7) is 1.91. The molecule has 0 atom stereocenters. The van der Waals surface area contributed by atoms with Crippen LogP contribution in [0, 0.1) is 6.92 Å². The first-order valence-electron chi connectivity index (χ1n) is 3.21. The van der Waals surface area contributed by atoms with Gasteiger partial charge in [-0.3, -0.25) is 0 Å². The zero-order chi connectivity index (χ0) is 9.19. The minimum absolute atomic E-state index is 0.288. The van der Waals surface area contributed by atoms with Gasteiger partial charge in [-0.15, -0.1) is 0 Å². The second kappa shape index (κ2) is 3.72. The van der Waals surface area contributed by atoms with Gasteiger partial charge in [-0.25, -0.2) is 0 Å². The Hall–Kier alpha value is -0.130. The summed E-state index contributed by atoms with van der Waals surface area (Å²) in [6.07, 6.45) is 0. The summed E-state index contributed by atoms with van der Waals surface area (Å²) in [7, 11) is -3.29. The summed E-state index contributed by atoms with van der Waals surface area (Å²) < 4.78 is 24.6. The maximum atomic E-state index is 11.2. The number of sulfonamides is 1.